The van der Waals surface area contributed by atoms with Crippen molar-refractivity contribution in [2.75, 3.05) is 0 Å². The Morgan fingerprint density at radius 1 is 1.17 bits per heavy atom. The second-order valence-electron chi connectivity index (χ2n) is 6.63. The van der Waals surface area contributed by atoms with Crippen LogP contribution < -0.4 is 0 Å². The topological polar surface area (TPSA) is 26.3 Å². The smallest absolute Gasteiger partial charge is 0.320 e. The molecular weight excluding hydrogens is 312 g/mol. The van der Waals surface area contributed by atoms with Crippen LogP contribution in [-0.2, 0) is 9.22 Å². The molecule has 1 atom stereocenters. The van der Waals surface area contributed by atoms with E-state index < -0.39 is 8.32 Å². The summed E-state index contributed by atoms with van der Waals surface area (Å²) < 4.78 is 5.91. The molecule has 2 nitrogen and oxygen atoms in total. The number of allylic oxidation sites excluding steroid dienone is 2. The fourth-order valence-corrected chi connectivity index (χ4v) is 5.45. The average Bonchev–Trinajstić information content (AvgIpc) is 2.60. The molecule has 1 unspecified atom stereocenters. The van der Waals surface area contributed by atoms with E-state index in [2.05, 4.69) is 71.5 Å². The molecule has 0 heterocycles. The summed E-state index contributed by atoms with van der Waals surface area (Å²) in [6.07, 6.45) is 2.79. The monoisotopic (exact) mass is 344 g/mol. The van der Waals surface area contributed by atoms with Crippen molar-refractivity contribution in [3.8, 4) is 0 Å². The van der Waals surface area contributed by atoms with E-state index in [9.17, 15) is 4.79 Å². The molecular formula is C21H32O2Si. The van der Waals surface area contributed by atoms with Crippen LogP contribution in [-0.4, -0.2) is 14.3 Å². The highest BCUT2D eigenvalue weighted by molar-refractivity contribution is 6.75. The third-order valence-electron chi connectivity index (χ3n) is 4.88. The van der Waals surface area contributed by atoms with Gasteiger partial charge in [-0.2, -0.15) is 0 Å². The Balaban J connectivity index is 2.69. The zero-order valence-electron chi connectivity index (χ0n) is 15.9. The van der Waals surface area contributed by atoms with E-state index in [0.29, 0.717) is 17.9 Å². The molecule has 0 bridgehead atoms. The van der Waals surface area contributed by atoms with Crippen molar-refractivity contribution in [3.63, 3.8) is 0 Å². The summed E-state index contributed by atoms with van der Waals surface area (Å²) in [6.45, 7) is 14.6. The Morgan fingerprint density at radius 3 is 2.21 bits per heavy atom. The zero-order chi connectivity index (χ0) is 18.2. The van der Waals surface area contributed by atoms with Gasteiger partial charge in [-0.05, 0) is 43.0 Å². The van der Waals surface area contributed by atoms with Gasteiger partial charge in [0.2, 0.25) is 0 Å². The lowest BCUT2D eigenvalue weighted by molar-refractivity contribution is -0.131. The molecule has 0 aliphatic rings. The van der Waals surface area contributed by atoms with E-state index >= 15 is 0 Å². The van der Waals surface area contributed by atoms with Gasteiger partial charge in [0.05, 0.1) is 0 Å². The lowest BCUT2D eigenvalue weighted by Gasteiger charge is -2.28. The fraction of sp³-hybridized carbons (Fsp3) is 0.476. The van der Waals surface area contributed by atoms with Crippen LogP contribution in [0, 0.1) is 0 Å². The summed E-state index contributed by atoms with van der Waals surface area (Å²) in [5, 5.41) is 0. The van der Waals surface area contributed by atoms with Crippen LogP contribution in [0.1, 0.15) is 52.5 Å². The van der Waals surface area contributed by atoms with Crippen LogP contribution in [0.25, 0.3) is 0 Å². The molecule has 1 aromatic rings. The molecule has 1 rings (SSSR count). The molecule has 0 amide bonds. The number of hydrogen-bond acceptors (Lipinski definition) is 2. The summed E-state index contributed by atoms with van der Waals surface area (Å²) in [4.78, 5) is 12.4. The molecule has 0 aromatic heterocycles. The molecule has 1 aromatic carbocycles. The Bertz CT molecular complexity index is 562. The number of carbonyl (C=O) groups excluding carboxylic acids is 1. The maximum atomic E-state index is 12.4. The summed E-state index contributed by atoms with van der Waals surface area (Å²) >= 11 is 0. The number of rotatable bonds is 9. The van der Waals surface area contributed by atoms with Crippen molar-refractivity contribution in [2.24, 2.45) is 0 Å². The van der Waals surface area contributed by atoms with Gasteiger partial charge in [-0.3, -0.25) is 0 Å². The van der Waals surface area contributed by atoms with E-state index in [-0.39, 0.29) is 5.97 Å². The molecule has 0 aliphatic heterocycles. The quantitative estimate of drug-likeness (QED) is 0.301. The van der Waals surface area contributed by atoms with E-state index in [4.69, 9.17) is 4.43 Å². The molecule has 3 heteroatoms. The number of hydrogen-bond donors (Lipinski definition) is 0. The van der Waals surface area contributed by atoms with Gasteiger partial charge in [0.1, 0.15) is 0 Å². The highest BCUT2D eigenvalue weighted by Crippen LogP contribution is 2.25. The molecule has 0 saturated carbocycles. The molecule has 0 aliphatic carbocycles. The van der Waals surface area contributed by atoms with Crippen LogP contribution >= 0.6 is 0 Å². The van der Waals surface area contributed by atoms with Crippen molar-refractivity contribution >= 4 is 14.3 Å². The molecule has 24 heavy (non-hydrogen) atoms. The minimum absolute atomic E-state index is 0.202. The van der Waals surface area contributed by atoms with Gasteiger partial charge in [0, 0.05) is 5.57 Å². The summed E-state index contributed by atoms with van der Waals surface area (Å²) in [7, 11) is -1.91. The Morgan fingerprint density at radius 2 is 1.71 bits per heavy atom. The molecule has 0 spiro atoms. The molecule has 0 fully saturated rings. The third kappa shape index (κ3) is 5.79. The zero-order valence-corrected chi connectivity index (χ0v) is 16.9. The van der Waals surface area contributed by atoms with Gasteiger partial charge in [0.15, 0.2) is 0 Å². The first-order valence-electron chi connectivity index (χ1n) is 9.00. The van der Waals surface area contributed by atoms with E-state index in [1.165, 1.54) is 5.56 Å². The van der Waals surface area contributed by atoms with Gasteiger partial charge in [-0.25, -0.2) is 4.79 Å². The van der Waals surface area contributed by atoms with Gasteiger partial charge < -0.3 is 4.43 Å². The minimum atomic E-state index is -1.91. The highest BCUT2D eigenvalue weighted by Gasteiger charge is 2.33. The van der Waals surface area contributed by atoms with Gasteiger partial charge in [-0.1, -0.05) is 76.3 Å². The molecule has 0 radical (unpaired) electrons. The van der Waals surface area contributed by atoms with Crippen molar-refractivity contribution in [3.05, 3.63) is 59.7 Å². The normalized spacial score (nSPS) is 13.5. The van der Waals surface area contributed by atoms with E-state index in [1.54, 1.807) is 0 Å². The second kappa shape index (κ2) is 9.63. The predicted octanol–water partition coefficient (Wildman–Crippen LogP) is 6.23. The van der Waals surface area contributed by atoms with E-state index in [0.717, 1.165) is 23.7 Å². The van der Waals surface area contributed by atoms with Gasteiger partial charge >= 0.3 is 5.97 Å². The summed E-state index contributed by atoms with van der Waals surface area (Å²) in [6, 6.07) is 13.3. The first-order chi connectivity index (χ1) is 11.4. The van der Waals surface area contributed by atoms with Crippen molar-refractivity contribution in [1.29, 1.82) is 0 Å². The Hall–Kier alpha value is -1.61. The lowest BCUT2D eigenvalue weighted by atomic mass is 9.97. The largest absolute Gasteiger partial charge is 0.516 e. The predicted molar refractivity (Wildman–Crippen MR) is 106 cm³/mol. The maximum absolute atomic E-state index is 12.4. The molecule has 0 N–H and O–H groups in total. The Kier molecular flexibility index (Phi) is 8.20. The van der Waals surface area contributed by atoms with E-state index in [1.807, 2.05) is 6.07 Å². The molecule has 0 saturated heterocycles. The third-order valence-corrected chi connectivity index (χ3v) is 9.37. The fourth-order valence-electron chi connectivity index (χ4n) is 2.98. The average molecular weight is 345 g/mol. The summed E-state index contributed by atoms with van der Waals surface area (Å²) in [5.41, 5.74) is 3.00. The molecule has 132 valence electrons. The van der Waals surface area contributed by atoms with Gasteiger partial charge in [-0.15, -0.1) is 0 Å². The van der Waals surface area contributed by atoms with Crippen molar-refractivity contribution in [1.82, 2.24) is 0 Å². The maximum Gasteiger partial charge on any atom is 0.320 e. The van der Waals surface area contributed by atoms with Crippen LogP contribution in [0.3, 0.4) is 0 Å². The minimum Gasteiger partial charge on any atom is -0.516 e. The lowest BCUT2D eigenvalue weighted by Crippen LogP contribution is -2.38. The van der Waals surface area contributed by atoms with Crippen LogP contribution in [0.4, 0.5) is 0 Å². The first kappa shape index (κ1) is 20.4. The van der Waals surface area contributed by atoms with Crippen molar-refractivity contribution < 1.29 is 9.22 Å². The standard InChI is InChI=1S/C21H32O2Si/c1-7-24(8-2,9-3)23-21(22)19(6)16-17(4)15-18(5)20-13-11-10-12-14-20/h10-15,18H,6-9,16H2,1-5H3/b17-15+. The first-order valence-corrected chi connectivity index (χ1v) is 11.5. The van der Waals surface area contributed by atoms with Crippen molar-refractivity contribution in [2.45, 2.75) is 65.1 Å². The Labute approximate surface area is 148 Å². The second-order valence-corrected chi connectivity index (χ2v) is 11.3. The summed E-state index contributed by atoms with van der Waals surface area (Å²) in [5.74, 6) is 0.123. The van der Waals surface area contributed by atoms with Gasteiger partial charge in [0.25, 0.3) is 8.32 Å². The van der Waals surface area contributed by atoms with Crippen LogP contribution in [0.2, 0.25) is 18.1 Å². The highest BCUT2D eigenvalue weighted by atomic mass is 28.4. The SMILES string of the molecule is C=C(C/C(C)=C/C(C)c1ccccc1)C(=O)O[Si](CC)(CC)CC. The van der Waals surface area contributed by atoms with Crippen LogP contribution in [0.5, 0.6) is 0 Å². The number of benzene rings is 1. The van der Waals surface area contributed by atoms with Crippen LogP contribution in [0.15, 0.2) is 54.1 Å². The number of carbonyl (C=O) groups is 1.